The zero-order valence-electron chi connectivity index (χ0n) is 13.5. The van der Waals surface area contributed by atoms with Crippen LogP contribution < -0.4 is 5.32 Å². The second kappa shape index (κ2) is 9.17. The maximum atomic E-state index is 13.1. The van der Waals surface area contributed by atoms with E-state index >= 15 is 0 Å². The molecule has 2 rings (SSSR count). The molecule has 1 N–H and O–H groups in total. The minimum Gasteiger partial charge on any atom is -0.453 e. The molecule has 0 unspecified atom stereocenters. The van der Waals surface area contributed by atoms with Crippen molar-refractivity contribution >= 4 is 29.3 Å². The molecule has 0 fully saturated rings. The molecule has 7 heteroatoms. The number of anilines is 1. The first-order chi connectivity index (χ1) is 11.9. The molecule has 0 aliphatic rings. The van der Waals surface area contributed by atoms with Crippen LogP contribution in [0.3, 0.4) is 0 Å². The highest BCUT2D eigenvalue weighted by atomic mass is 32.2. The van der Waals surface area contributed by atoms with Crippen LogP contribution in [0.2, 0.25) is 0 Å². The minimum atomic E-state index is -0.994. The highest BCUT2D eigenvalue weighted by Crippen LogP contribution is 2.19. The summed E-state index contributed by atoms with van der Waals surface area (Å²) >= 11 is 1.39. The van der Waals surface area contributed by atoms with Gasteiger partial charge in [0.05, 0.1) is 6.42 Å². The number of halogens is 2. The predicted molar refractivity (Wildman–Crippen MR) is 92.3 cm³/mol. The molecule has 4 nitrogen and oxygen atoms in total. The molecule has 0 heterocycles. The summed E-state index contributed by atoms with van der Waals surface area (Å²) in [6.45, 7) is 1.44. The lowest BCUT2D eigenvalue weighted by Crippen LogP contribution is -2.30. The van der Waals surface area contributed by atoms with E-state index in [0.29, 0.717) is 11.4 Å². The molecular weight excluding hydrogens is 348 g/mol. The topological polar surface area (TPSA) is 55.4 Å². The molecular formula is C18H17F2NO3S. The third-order valence-electron chi connectivity index (χ3n) is 3.16. The van der Waals surface area contributed by atoms with Gasteiger partial charge in [-0.1, -0.05) is 6.07 Å². The van der Waals surface area contributed by atoms with Gasteiger partial charge in [0.15, 0.2) is 6.10 Å². The van der Waals surface area contributed by atoms with E-state index in [1.54, 1.807) is 12.1 Å². The van der Waals surface area contributed by atoms with Crippen molar-refractivity contribution in [1.82, 2.24) is 0 Å². The first kappa shape index (κ1) is 18.9. The summed E-state index contributed by atoms with van der Waals surface area (Å²) in [4.78, 5) is 24.5. The molecule has 0 bridgehead atoms. The number of nitrogens with one attached hydrogen (secondary N) is 1. The molecule has 1 atom stereocenters. The number of carbonyl (C=O) groups excluding carboxylic acids is 2. The number of carbonyl (C=O) groups is 2. The van der Waals surface area contributed by atoms with Crippen molar-refractivity contribution in [3.63, 3.8) is 0 Å². The van der Waals surface area contributed by atoms with Gasteiger partial charge in [-0.3, -0.25) is 9.59 Å². The number of benzene rings is 2. The Labute approximate surface area is 148 Å². The lowest BCUT2D eigenvalue weighted by atomic mass is 10.3. The van der Waals surface area contributed by atoms with Crippen LogP contribution in [0, 0.1) is 11.6 Å². The Morgan fingerprint density at radius 1 is 1.12 bits per heavy atom. The molecule has 0 aliphatic heterocycles. The summed E-state index contributed by atoms with van der Waals surface area (Å²) in [5, 5.41) is 2.48. The lowest BCUT2D eigenvalue weighted by Gasteiger charge is -2.13. The van der Waals surface area contributed by atoms with Crippen LogP contribution in [0.15, 0.2) is 53.4 Å². The molecule has 0 spiro atoms. The molecule has 0 saturated heterocycles. The van der Waals surface area contributed by atoms with E-state index in [9.17, 15) is 18.4 Å². The summed E-state index contributed by atoms with van der Waals surface area (Å²) in [5.41, 5.74) is 0.291. The summed E-state index contributed by atoms with van der Waals surface area (Å²) in [7, 11) is 0. The van der Waals surface area contributed by atoms with E-state index < -0.39 is 23.8 Å². The van der Waals surface area contributed by atoms with E-state index in [2.05, 4.69) is 5.32 Å². The molecule has 132 valence electrons. The van der Waals surface area contributed by atoms with E-state index in [1.807, 2.05) is 0 Å². The molecule has 0 aliphatic carbocycles. The van der Waals surface area contributed by atoms with E-state index in [-0.39, 0.29) is 12.2 Å². The predicted octanol–water partition coefficient (Wildman–Crippen LogP) is 4.02. The molecule has 0 radical (unpaired) electrons. The standard InChI is InChI=1S/C18H17F2NO3S/c1-12(18(23)21-15-4-2-3-14(20)11-15)24-17(22)9-10-25-16-7-5-13(19)6-8-16/h2-8,11-12H,9-10H2,1H3,(H,21,23)/t12-/m0/s1. The quantitative estimate of drug-likeness (QED) is 0.595. The molecule has 1 amide bonds. The third kappa shape index (κ3) is 6.54. The number of hydrogen-bond acceptors (Lipinski definition) is 4. The highest BCUT2D eigenvalue weighted by Gasteiger charge is 2.18. The zero-order chi connectivity index (χ0) is 18.2. The van der Waals surface area contributed by atoms with Crippen molar-refractivity contribution in [1.29, 1.82) is 0 Å². The second-order valence-corrected chi connectivity index (χ2v) is 6.35. The van der Waals surface area contributed by atoms with Gasteiger partial charge < -0.3 is 10.1 Å². The summed E-state index contributed by atoms with van der Waals surface area (Å²) < 4.78 is 30.9. The van der Waals surface area contributed by atoms with Gasteiger partial charge in [-0.05, 0) is 49.4 Å². The van der Waals surface area contributed by atoms with Crippen LogP contribution >= 0.6 is 11.8 Å². The Kier molecular flexibility index (Phi) is 6.94. The number of rotatable bonds is 7. The molecule has 2 aromatic carbocycles. The van der Waals surface area contributed by atoms with Gasteiger partial charge in [-0.15, -0.1) is 11.8 Å². The second-order valence-electron chi connectivity index (χ2n) is 5.18. The number of amides is 1. The van der Waals surface area contributed by atoms with E-state index in [0.717, 1.165) is 4.90 Å². The first-order valence-corrected chi connectivity index (χ1v) is 8.57. The van der Waals surface area contributed by atoms with Crippen molar-refractivity contribution in [2.24, 2.45) is 0 Å². The fourth-order valence-corrected chi connectivity index (χ4v) is 2.74. The first-order valence-electron chi connectivity index (χ1n) is 7.58. The summed E-state index contributed by atoms with van der Waals surface area (Å²) in [5.74, 6) is -1.40. The Bertz CT molecular complexity index is 737. The maximum Gasteiger partial charge on any atom is 0.307 e. The normalized spacial score (nSPS) is 11.6. The monoisotopic (exact) mass is 365 g/mol. The highest BCUT2D eigenvalue weighted by molar-refractivity contribution is 7.99. The molecule has 2 aromatic rings. The van der Waals surface area contributed by atoms with Crippen LogP contribution in [0.1, 0.15) is 13.3 Å². The summed E-state index contributed by atoms with van der Waals surface area (Å²) in [6, 6.07) is 11.4. The van der Waals surface area contributed by atoms with E-state index in [4.69, 9.17) is 4.74 Å². The number of ether oxygens (including phenoxy) is 1. The molecule has 25 heavy (non-hydrogen) atoms. The van der Waals surface area contributed by atoms with Crippen LogP contribution in [0.25, 0.3) is 0 Å². The summed E-state index contributed by atoms with van der Waals surface area (Å²) in [6.07, 6.45) is -0.883. The average molecular weight is 365 g/mol. The number of thioether (sulfide) groups is 1. The van der Waals surface area contributed by atoms with Gasteiger partial charge in [0.1, 0.15) is 11.6 Å². The SMILES string of the molecule is C[C@H](OC(=O)CCSc1ccc(F)cc1)C(=O)Nc1cccc(F)c1. The smallest absolute Gasteiger partial charge is 0.307 e. The van der Waals surface area contributed by atoms with Gasteiger partial charge in [0.25, 0.3) is 5.91 Å². The maximum absolute atomic E-state index is 13.1. The van der Waals surface area contributed by atoms with Gasteiger partial charge in [-0.25, -0.2) is 8.78 Å². The minimum absolute atomic E-state index is 0.111. The van der Waals surface area contributed by atoms with Crippen LogP contribution in [0.4, 0.5) is 14.5 Å². The Morgan fingerprint density at radius 2 is 1.84 bits per heavy atom. The molecule has 0 aromatic heterocycles. The Balaban J connectivity index is 1.73. The van der Waals surface area contributed by atoms with E-state index in [1.165, 1.54) is 55.1 Å². The fourth-order valence-electron chi connectivity index (χ4n) is 1.90. The van der Waals surface area contributed by atoms with Crippen LogP contribution in [0.5, 0.6) is 0 Å². The Morgan fingerprint density at radius 3 is 2.52 bits per heavy atom. The van der Waals surface area contributed by atoms with Crippen molar-refractivity contribution in [3.05, 3.63) is 60.2 Å². The van der Waals surface area contributed by atoms with Gasteiger partial charge in [0.2, 0.25) is 0 Å². The van der Waals surface area contributed by atoms with Crippen LogP contribution in [-0.2, 0) is 14.3 Å². The lowest BCUT2D eigenvalue weighted by molar-refractivity contribution is -0.152. The molecule has 0 saturated carbocycles. The van der Waals surface area contributed by atoms with Gasteiger partial charge >= 0.3 is 5.97 Å². The van der Waals surface area contributed by atoms with Crippen molar-refractivity contribution in [2.45, 2.75) is 24.3 Å². The average Bonchev–Trinajstić information content (AvgIpc) is 2.56. The largest absolute Gasteiger partial charge is 0.453 e. The Hall–Kier alpha value is -2.41. The van der Waals surface area contributed by atoms with Crippen molar-refractivity contribution in [3.8, 4) is 0 Å². The zero-order valence-corrected chi connectivity index (χ0v) is 14.3. The van der Waals surface area contributed by atoms with Crippen LogP contribution in [-0.4, -0.2) is 23.7 Å². The third-order valence-corrected chi connectivity index (χ3v) is 4.17. The van der Waals surface area contributed by atoms with Gasteiger partial charge in [0, 0.05) is 16.3 Å². The van der Waals surface area contributed by atoms with Crippen molar-refractivity contribution in [2.75, 3.05) is 11.1 Å². The fraction of sp³-hybridized carbons (Fsp3) is 0.222. The van der Waals surface area contributed by atoms with Gasteiger partial charge in [-0.2, -0.15) is 0 Å². The number of esters is 1. The van der Waals surface area contributed by atoms with Crippen molar-refractivity contribution < 1.29 is 23.1 Å². The number of hydrogen-bond donors (Lipinski definition) is 1.